The molecule has 0 bridgehead atoms. The van der Waals surface area contributed by atoms with Crippen molar-refractivity contribution in [2.24, 2.45) is 0 Å². The number of hydrogen-bond donors (Lipinski definition) is 3. The van der Waals surface area contributed by atoms with Crippen molar-refractivity contribution in [1.29, 1.82) is 0 Å². The molecule has 3 rings (SSSR count). The van der Waals surface area contributed by atoms with E-state index in [0.29, 0.717) is 29.8 Å². The highest BCUT2D eigenvalue weighted by Gasteiger charge is 2.44. The standard InChI is InChI=1S/C28H37N3O6/c1-17-7-8-18(2)22(15-17)24(25(33)29-19-9-13-21(36-6)14-10-19)31(20-11-12-20)26(34)23(16-32)30-27(35)37-28(3,4)5/h7-10,13-15,20,23-24,32H,11-12,16H2,1-6H3,(H,29,33)(H,30,35). The molecule has 0 aromatic heterocycles. The summed E-state index contributed by atoms with van der Waals surface area (Å²) in [5.74, 6) is -0.294. The minimum absolute atomic E-state index is 0.200. The van der Waals surface area contributed by atoms with E-state index in [1.165, 1.54) is 4.90 Å². The Balaban J connectivity index is 1.97. The maximum Gasteiger partial charge on any atom is 0.408 e. The second kappa shape index (κ2) is 11.6. The number of nitrogens with one attached hydrogen (secondary N) is 2. The molecular weight excluding hydrogens is 474 g/mol. The number of carbonyl (C=O) groups is 3. The third kappa shape index (κ3) is 7.45. The summed E-state index contributed by atoms with van der Waals surface area (Å²) in [6.07, 6.45) is 0.614. The van der Waals surface area contributed by atoms with E-state index in [9.17, 15) is 19.5 Å². The number of amides is 3. The van der Waals surface area contributed by atoms with E-state index in [2.05, 4.69) is 10.6 Å². The summed E-state index contributed by atoms with van der Waals surface area (Å²) in [6.45, 7) is 8.29. The van der Waals surface area contributed by atoms with E-state index in [0.717, 1.165) is 11.1 Å². The quantitative estimate of drug-likeness (QED) is 0.471. The number of rotatable bonds is 9. The van der Waals surface area contributed by atoms with Crippen molar-refractivity contribution in [3.63, 3.8) is 0 Å². The highest BCUT2D eigenvalue weighted by molar-refractivity contribution is 5.99. The van der Waals surface area contributed by atoms with Gasteiger partial charge in [-0.05, 0) is 82.9 Å². The number of aryl methyl sites for hydroxylation is 2. The highest BCUT2D eigenvalue weighted by atomic mass is 16.6. The van der Waals surface area contributed by atoms with Crippen molar-refractivity contribution in [3.8, 4) is 5.75 Å². The lowest BCUT2D eigenvalue weighted by atomic mass is 9.96. The van der Waals surface area contributed by atoms with Crippen molar-refractivity contribution in [3.05, 3.63) is 59.2 Å². The van der Waals surface area contributed by atoms with Gasteiger partial charge in [-0.15, -0.1) is 0 Å². The number of anilines is 1. The SMILES string of the molecule is COc1ccc(NC(=O)C(c2cc(C)ccc2C)N(C(=O)C(CO)NC(=O)OC(C)(C)C)C2CC2)cc1. The summed E-state index contributed by atoms with van der Waals surface area (Å²) >= 11 is 0. The average Bonchev–Trinajstić information content (AvgIpc) is 3.66. The van der Waals surface area contributed by atoms with Crippen molar-refractivity contribution >= 4 is 23.6 Å². The average molecular weight is 512 g/mol. The third-order valence-corrected chi connectivity index (χ3v) is 5.98. The second-order valence-electron chi connectivity index (χ2n) is 10.3. The Hall–Kier alpha value is -3.59. The Morgan fingerprint density at radius 1 is 1.08 bits per heavy atom. The minimum atomic E-state index is -1.27. The van der Waals surface area contributed by atoms with Gasteiger partial charge in [0.05, 0.1) is 13.7 Å². The zero-order valence-corrected chi connectivity index (χ0v) is 22.3. The molecular formula is C28H37N3O6. The number of methoxy groups -OCH3 is 1. The van der Waals surface area contributed by atoms with Crippen LogP contribution in [0.2, 0.25) is 0 Å². The summed E-state index contributed by atoms with van der Waals surface area (Å²) in [4.78, 5) is 41.5. The van der Waals surface area contributed by atoms with Gasteiger partial charge in [0, 0.05) is 11.7 Å². The van der Waals surface area contributed by atoms with Gasteiger partial charge in [-0.2, -0.15) is 0 Å². The number of hydrogen-bond acceptors (Lipinski definition) is 6. The number of aliphatic hydroxyl groups is 1. The van der Waals surface area contributed by atoms with Crippen LogP contribution >= 0.6 is 0 Å². The van der Waals surface area contributed by atoms with E-state index in [4.69, 9.17) is 9.47 Å². The minimum Gasteiger partial charge on any atom is -0.497 e. The fraction of sp³-hybridized carbons (Fsp3) is 0.464. The van der Waals surface area contributed by atoms with Crippen LogP contribution in [0.3, 0.4) is 0 Å². The van der Waals surface area contributed by atoms with Gasteiger partial charge in [0.15, 0.2) is 0 Å². The second-order valence-corrected chi connectivity index (χ2v) is 10.3. The summed E-state index contributed by atoms with van der Waals surface area (Å²) < 4.78 is 10.5. The number of aliphatic hydroxyl groups excluding tert-OH is 1. The first-order valence-corrected chi connectivity index (χ1v) is 12.4. The molecule has 9 heteroatoms. The van der Waals surface area contributed by atoms with Crippen LogP contribution in [0.25, 0.3) is 0 Å². The molecule has 2 atom stereocenters. The number of ether oxygens (including phenoxy) is 2. The Morgan fingerprint density at radius 2 is 1.73 bits per heavy atom. The van der Waals surface area contributed by atoms with Gasteiger partial charge in [-0.1, -0.05) is 23.8 Å². The fourth-order valence-corrected chi connectivity index (χ4v) is 4.04. The number of carbonyl (C=O) groups excluding carboxylic acids is 3. The van der Waals surface area contributed by atoms with Crippen LogP contribution in [0.1, 0.15) is 56.3 Å². The normalized spacial score (nSPS) is 14.8. The molecule has 37 heavy (non-hydrogen) atoms. The third-order valence-electron chi connectivity index (χ3n) is 5.98. The van der Waals surface area contributed by atoms with Crippen LogP contribution < -0.4 is 15.4 Å². The molecule has 0 heterocycles. The molecule has 1 saturated carbocycles. The summed E-state index contributed by atoms with van der Waals surface area (Å²) in [7, 11) is 1.56. The van der Waals surface area contributed by atoms with E-state index in [-0.39, 0.29) is 6.04 Å². The fourth-order valence-electron chi connectivity index (χ4n) is 4.04. The Bertz CT molecular complexity index is 1120. The smallest absolute Gasteiger partial charge is 0.408 e. The molecule has 3 N–H and O–H groups in total. The van der Waals surface area contributed by atoms with Crippen LogP contribution in [0.15, 0.2) is 42.5 Å². The number of benzene rings is 2. The molecule has 0 spiro atoms. The first-order chi connectivity index (χ1) is 17.4. The topological polar surface area (TPSA) is 117 Å². The van der Waals surface area contributed by atoms with Crippen molar-refractivity contribution in [1.82, 2.24) is 10.2 Å². The lowest BCUT2D eigenvalue weighted by Crippen LogP contribution is -2.54. The van der Waals surface area contributed by atoms with Crippen LogP contribution in [0.4, 0.5) is 10.5 Å². The number of nitrogens with zero attached hydrogens (tertiary/aromatic N) is 1. The first-order valence-electron chi connectivity index (χ1n) is 12.4. The molecule has 1 aliphatic carbocycles. The molecule has 2 aromatic carbocycles. The molecule has 200 valence electrons. The van der Waals surface area contributed by atoms with Gasteiger partial charge in [0.2, 0.25) is 5.91 Å². The molecule has 2 aromatic rings. The zero-order chi connectivity index (χ0) is 27.3. The molecule has 2 unspecified atom stereocenters. The van der Waals surface area contributed by atoms with Crippen LogP contribution in [0, 0.1) is 13.8 Å². The largest absolute Gasteiger partial charge is 0.497 e. The van der Waals surface area contributed by atoms with E-state index in [1.54, 1.807) is 52.1 Å². The van der Waals surface area contributed by atoms with Gasteiger partial charge >= 0.3 is 6.09 Å². The summed E-state index contributed by atoms with van der Waals surface area (Å²) in [5.41, 5.74) is 2.24. The maximum absolute atomic E-state index is 13.8. The van der Waals surface area contributed by atoms with Gasteiger partial charge in [0.1, 0.15) is 23.4 Å². The van der Waals surface area contributed by atoms with Crippen molar-refractivity contribution in [2.45, 2.75) is 71.2 Å². The van der Waals surface area contributed by atoms with Crippen LogP contribution in [-0.2, 0) is 14.3 Å². The lowest BCUT2D eigenvalue weighted by Gasteiger charge is -2.35. The van der Waals surface area contributed by atoms with Gasteiger partial charge in [-0.25, -0.2) is 4.79 Å². The Morgan fingerprint density at radius 3 is 2.27 bits per heavy atom. The number of alkyl carbamates (subject to hydrolysis) is 1. The predicted molar refractivity (Wildman–Crippen MR) is 140 cm³/mol. The Kier molecular flexibility index (Phi) is 8.81. The van der Waals surface area contributed by atoms with E-state index >= 15 is 0 Å². The van der Waals surface area contributed by atoms with Gasteiger partial charge < -0.3 is 30.1 Å². The molecule has 0 radical (unpaired) electrons. The summed E-state index contributed by atoms with van der Waals surface area (Å²) in [5, 5.41) is 15.4. The first kappa shape index (κ1) is 28.0. The molecule has 9 nitrogen and oxygen atoms in total. The molecule has 0 aliphatic heterocycles. The lowest BCUT2D eigenvalue weighted by molar-refractivity contribution is -0.142. The zero-order valence-electron chi connectivity index (χ0n) is 22.3. The van der Waals surface area contributed by atoms with E-state index in [1.807, 2.05) is 32.0 Å². The summed E-state index contributed by atoms with van der Waals surface area (Å²) in [6, 6.07) is 10.2. The molecule has 0 saturated heterocycles. The van der Waals surface area contributed by atoms with Crippen LogP contribution in [0.5, 0.6) is 5.75 Å². The van der Waals surface area contributed by atoms with E-state index < -0.39 is 42.2 Å². The molecule has 1 fully saturated rings. The van der Waals surface area contributed by atoms with Gasteiger partial charge in [0.25, 0.3) is 5.91 Å². The molecule has 3 amide bonds. The van der Waals surface area contributed by atoms with Gasteiger partial charge in [-0.3, -0.25) is 9.59 Å². The Labute approximate surface area is 218 Å². The predicted octanol–water partition coefficient (Wildman–Crippen LogP) is 3.87. The highest BCUT2D eigenvalue weighted by Crippen LogP contribution is 2.37. The van der Waals surface area contributed by atoms with Crippen molar-refractivity contribution < 1.29 is 29.0 Å². The monoisotopic (exact) mass is 511 g/mol. The van der Waals surface area contributed by atoms with Crippen molar-refractivity contribution in [2.75, 3.05) is 19.0 Å². The maximum atomic E-state index is 13.8. The molecule has 1 aliphatic rings. The van der Waals surface area contributed by atoms with Crippen LogP contribution in [-0.4, -0.2) is 59.3 Å².